The number of pyridine rings is 1. The first-order chi connectivity index (χ1) is 9.15. The van der Waals surface area contributed by atoms with Gasteiger partial charge in [0.05, 0.1) is 22.6 Å². The van der Waals surface area contributed by atoms with Gasteiger partial charge < -0.3 is 4.74 Å². The molecule has 0 aromatic carbocycles. The molecule has 0 saturated carbocycles. The van der Waals surface area contributed by atoms with E-state index < -0.39 is 5.95 Å². The van der Waals surface area contributed by atoms with Crippen LogP contribution >= 0.6 is 11.6 Å². The summed E-state index contributed by atoms with van der Waals surface area (Å²) in [6.45, 7) is 5.00. The number of hydrogen-bond donors (Lipinski definition) is 0. The van der Waals surface area contributed by atoms with E-state index in [2.05, 4.69) is 10.1 Å². The van der Waals surface area contributed by atoms with Crippen molar-refractivity contribution in [1.29, 1.82) is 0 Å². The topological polar surface area (TPSA) is 39.9 Å². The fourth-order valence-corrected chi connectivity index (χ4v) is 2.08. The average Bonchev–Trinajstić information content (AvgIpc) is 2.74. The minimum atomic E-state index is -0.530. The lowest BCUT2D eigenvalue weighted by Gasteiger charge is -2.07. The Labute approximate surface area is 116 Å². The van der Waals surface area contributed by atoms with Crippen LogP contribution in [0, 0.1) is 5.95 Å². The zero-order chi connectivity index (χ0) is 13.8. The highest BCUT2D eigenvalue weighted by molar-refractivity contribution is 6.31. The lowest BCUT2D eigenvalue weighted by Crippen LogP contribution is -2.06. The number of ether oxygens (including phenoxy) is 1. The van der Waals surface area contributed by atoms with Crippen molar-refractivity contribution in [3.8, 4) is 5.75 Å². The number of rotatable bonds is 5. The molecule has 102 valence electrons. The van der Waals surface area contributed by atoms with Crippen molar-refractivity contribution in [3.63, 3.8) is 0 Å². The number of aryl methyl sites for hydroxylation is 2. The normalized spacial score (nSPS) is 10.7. The van der Waals surface area contributed by atoms with E-state index in [0.717, 1.165) is 24.4 Å². The molecule has 0 atom stereocenters. The van der Waals surface area contributed by atoms with Crippen molar-refractivity contribution in [3.05, 3.63) is 40.7 Å². The van der Waals surface area contributed by atoms with Crippen molar-refractivity contribution < 1.29 is 9.13 Å². The first-order valence-electron chi connectivity index (χ1n) is 6.14. The molecule has 2 aromatic rings. The van der Waals surface area contributed by atoms with Crippen molar-refractivity contribution in [1.82, 2.24) is 14.8 Å². The minimum absolute atomic E-state index is 0.285. The van der Waals surface area contributed by atoms with Gasteiger partial charge in [-0.25, -0.2) is 4.98 Å². The van der Waals surface area contributed by atoms with Crippen molar-refractivity contribution in [2.75, 3.05) is 0 Å². The molecule has 4 nitrogen and oxygen atoms in total. The minimum Gasteiger partial charge on any atom is -0.486 e. The van der Waals surface area contributed by atoms with Gasteiger partial charge in [0.25, 0.3) is 0 Å². The van der Waals surface area contributed by atoms with Gasteiger partial charge in [0.2, 0.25) is 5.95 Å². The Kier molecular flexibility index (Phi) is 4.37. The Morgan fingerprint density at radius 2 is 2.16 bits per heavy atom. The van der Waals surface area contributed by atoms with Gasteiger partial charge in [0.1, 0.15) is 12.4 Å². The summed E-state index contributed by atoms with van der Waals surface area (Å²) in [5.74, 6) is -0.0309. The van der Waals surface area contributed by atoms with Crippen LogP contribution in [0.2, 0.25) is 5.02 Å². The maximum absolute atomic E-state index is 12.7. The zero-order valence-corrected chi connectivity index (χ0v) is 11.6. The monoisotopic (exact) mass is 283 g/mol. The molecule has 0 bridgehead atoms. The summed E-state index contributed by atoms with van der Waals surface area (Å²) in [6.07, 6.45) is 2.12. The SMILES string of the molecule is CCc1nn(CC)c(COc2ccc(F)nc2)c1Cl. The van der Waals surface area contributed by atoms with Crippen molar-refractivity contribution >= 4 is 11.6 Å². The summed E-state index contributed by atoms with van der Waals surface area (Å²) in [5, 5.41) is 5.04. The molecule has 0 radical (unpaired) electrons. The van der Waals surface area contributed by atoms with Gasteiger partial charge in [-0.05, 0) is 25.5 Å². The molecule has 0 aliphatic carbocycles. The van der Waals surface area contributed by atoms with Gasteiger partial charge in [-0.2, -0.15) is 9.49 Å². The molecular weight excluding hydrogens is 269 g/mol. The summed E-state index contributed by atoms with van der Waals surface area (Å²) in [7, 11) is 0. The van der Waals surface area contributed by atoms with Gasteiger partial charge >= 0.3 is 0 Å². The Balaban J connectivity index is 2.14. The molecule has 0 aliphatic rings. The van der Waals surface area contributed by atoms with Crippen LogP contribution < -0.4 is 4.74 Å². The van der Waals surface area contributed by atoms with Gasteiger partial charge in [0, 0.05) is 6.54 Å². The summed E-state index contributed by atoms with van der Waals surface area (Å²) in [5.41, 5.74) is 1.68. The van der Waals surface area contributed by atoms with E-state index in [4.69, 9.17) is 16.3 Å². The third kappa shape index (κ3) is 3.04. The largest absolute Gasteiger partial charge is 0.486 e. The second kappa shape index (κ2) is 6.02. The second-order valence-electron chi connectivity index (χ2n) is 3.98. The predicted molar refractivity (Wildman–Crippen MR) is 70.8 cm³/mol. The highest BCUT2D eigenvalue weighted by atomic mass is 35.5. The van der Waals surface area contributed by atoms with Crippen LogP contribution in [0.5, 0.6) is 5.75 Å². The van der Waals surface area contributed by atoms with E-state index >= 15 is 0 Å². The molecule has 0 spiro atoms. The highest BCUT2D eigenvalue weighted by Gasteiger charge is 2.14. The number of hydrogen-bond acceptors (Lipinski definition) is 3. The Morgan fingerprint density at radius 3 is 2.74 bits per heavy atom. The standard InChI is InChI=1S/C13H15ClFN3O/c1-3-10-13(14)11(18(4-2)17-10)8-19-9-5-6-12(15)16-7-9/h5-7H,3-4,8H2,1-2H3. The summed E-state index contributed by atoms with van der Waals surface area (Å²) in [6, 6.07) is 2.79. The van der Waals surface area contributed by atoms with Gasteiger partial charge in [-0.3, -0.25) is 4.68 Å². The van der Waals surface area contributed by atoms with E-state index in [1.165, 1.54) is 18.3 Å². The molecule has 0 saturated heterocycles. The summed E-state index contributed by atoms with van der Waals surface area (Å²) in [4.78, 5) is 3.53. The number of halogens is 2. The van der Waals surface area contributed by atoms with Crippen LogP contribution in [-0.2, 0) is 19.6 Å². The van der Waals surface area contributed by atoms with Crippen molar-refractivity contribution in [2.45, 2.75) is 33.4 Å². The highest BCUT2D eigenvalue weighted by Crippen LogP contribution is 2.23. The van der Waals surface area contributed by atoms with E-state index in [9.17, 15) is 4.39 Å². The van der Waals surface area contributed by atoms with Crippen LogP contribution in [0.1, 0.15) is 25.2 Å². The summed E-state index contributed by atoms with van der Waals surface area (Å²) >= 11 is 6.26. The van der Waals surface area contributed by atoms with E-state index in [-0.39, 0.29) is 6.61 Å². The molecule has 6 heteroatoms. The molecule has 0 aliphatic heterocycles. The molecule has 2 aromatic heterocycles. The van der Waals surface area contributed by atoms with E-state index in [1.807, 2.05) is 18.5 Å². The van der Waals surface area contributed by atoms with Crippen LogP contribution in [0.4, 0.5) is 4.39 Å². The number of aromatic nitrogens is 3. The molecule has 0 amide bonds. The Morgan fingerprint density at radius 1 is 1.37 bits per heavy atom. The van der Waals surface area contributed by atoms with E-state index in [0.29, 0.717) is 10.8 Å². The smallest absolute Gasteiger partial charge is 0.213 e. The first kappa shape index (κ1) is 13.8. The van der Waals surface area contributed by atoms with Gasteiger partial charge in [0.15, 0.2) is 0 Å². The van der Waals surface area contributed by atoms with E-state index in [1.54, 1.807) is 0 Å². The molecule has 0 fully saturated rings. The Hall–Kier alpha value is -1.62. The van der Waals surface area contributed by atoms with Crippen molar-refractivity contribution in [2.24, 2.45) is 0 Å². The second-order valence-corrected chi connectivity index (χ2v) is 4.36. The number of nitrogens with zero attached hydrogens (tertiary/aromatic N) is 3. The fourth-order valence-electron chi connectivity index (χ4n) is 1.75. The van der Waals surface area contributed by atoms with Crippen LogP contribution in [0.3, 0.4) is 0 Å². The first-order valence-corrected chi connectivity index (χ1v) is 6.51. The molecule has 2 rings (SSSR count). The average molecular weight is 284 g/mol. The Bertz CT molecular complexity index is 554. The maximum Gasteiger partial charge on any atom is 0.213 e. The molecule has 0 unspecified atom stereocenters. The predicted octanol–water partition coefficient (Wildman–Crippen LogP) is 3.23. The fraction of sp³-hybridized carbons (Fsp3) is 0.385. The molecule has 0 N–H and O–H groups in total. The lowest BCUT2D eigenvalue weighted by molar-refractivity contribution is 0.290. The van der Waals surface area contributed by atoms with Crippen LogP contribution in [-0.4, -0.2) is 14.8 Å². The molecular formula is C13H15ClFN3O. The molecule has 2 heterocycles. The van der Waals surface area contributed by atoms with Gasteiger partial charge in [-0.1, -0.05) is 18.5 Å². The van der Waals surface area contributed by atoms with Crippen LogP contribution in [0.15, 0.2) is 18.3 Å². The third-order valence-corrected chi connectivity index (χ3v) is 3.21. The summed E-state index contributed by atoms with van der Waals surface area (Å²) < 4.78 is 20.1. The lowest BCUT2D eigenvalue weighted by atomic mass is 10.3. The quantitative estimate of drug-likeness (QED) is 0.791. The maximum atomic E-state index is 12.7. The van der Waals surface area contributed by atoms with Gasteiger partial charge in [-0.15, -0.1) is 0 Å². The zero-order valence-electron chi connectivity index (χ0n) is 10.9. The molecule has 19 heavy (non-hydrogen) atoms. The van der Waals surface area contributed by atoms with Crippen LogP contribution in [0.25, 0.3) is 0 Å². The third-order valence-electron chi connectivity index (χ3n) is 2.77.